The zero-order valence-corrected chi connectivity index (χ0v) is 13.8. The van der Waals surface area contributed by atoms with Crippen LogP contribution in [0.15, 0.2) is 30.5 Å². The molecule has 0 radical (unpaired) electrons. The summed E-state index contributed by atoms with van der Waals surface area (Å²) < 4.78 is 2.22. The van der Waals surface area contributed by atoms with Gasteiger partial charge in [0, 0.05) is 23.7 Å². The van der Waals surface area contributed by atoms with Crippen LogP contribution in [-0.2, 0) is 6.54 Å². The fourth-order valence-electron chi connectivity index (χ4n) is 2.75. The minimum Gasteiger partial charge on any atom is -0.305 e. The molecule has 3 aromatic rings. The quantitative estimate of drug-likeness (QED) is 0.783. The van der Waals surface area contributed by atoms with Crippen LogP contribution in [0.4, 0.5) is 0 Å². The lowest BCUT2D eigenvalue weighted by Gasteiger charge is -2.16. The molecule has 0 aliphatic carbocycles. The van der Waals surface area contributed by atoms with E-state index in [-0.39, 0.29) is 0 Å². The third kappa shape index (κ3) is 2.74. The van der Waals surface area contributed by atoms with Gasteiger partial charge in [-0.25, -0.2) is 4.98 Å². The fourth-order valence-corrected chi connectivity index (χ4v) is 3.64. The van der Waals surface area contributed by atoms with Crippen LogP contribution in [0, 0.1) is 20.8 Å². The van der Waals surface area contributed by atoms with Gasteiger partial charge in [0.05, 0.1) is 11.4 Å². The van der Waals surface area contributed by atoms with E-state index < -0.39 is 0 Å². The SMILES string of the molecule is Cc1cn2c(CN[C@@H](C)c3ccccc3C)c(C)nc2s1. The zero-order chi connectivity index (χ0) is 15.0. The molecule has 0 saturated heterocycles. The second-order valence-corrected chi connectivity index (χ2v) is 6.81. The molecule has 0 saturated carbocycles. The van der Waals surface area contributed by atoms with Gasteiger partial charge in [-0.2, -0.15) is 0 Å². The molecule has 1 atom stereocenters. The summed E-state index contributed by atoms with van der Waals surface area (Å²) in [6.45, 7) is 9.43. The molecule has 3 nitrogen and oxygen atoms in total. The number of rotatable bonds is 4. The van der Waals surface area contributed by atoms with Crippen LogP contribution in [0.3, 0.4) is 0 Å². The minimum atomic E-state index is 0.330. The molecule has 1 aromatic carbocycles. The van der Waals surface area contributed by atoms with Crippen molar-refractivity contribution in [1.82, 2.24) is 14.7 Å². The van der Waals surface area contributed by atoms with Crippen molar-refractivity contribution in [2.45, 2.75) is 40.3 Å². The molecule has 21 heavy (non-hydrogen) atoms. The Bertz CT molecular complexity index is 770. The molecule has 0 unspecified atom stereocenters. The van der Waals surface area contributed by atoms with Crippen LogP contribution >= 0.6 is 11.3 Å². The molecule has 3 rings (SSSR count). The van der Waals surface area contributed by atoms with E-state index in [1.54, 1.807) is 11.3 Å². The Hall–Kier alpha value is -1.65. The van der Waals surface area contributed by atoms with Crippen molar-refractivity contribution in [1.29, 1.82) is 0 Å². The molecule has 4 heteroatoms. The molecule has 110 valence electrons. The Balaban J connectivity index is 1.80. The van der Waals surface area contributed by atoms with Crippen LogP contribution in [0.25, 0.3) is 4.96 Å². The Labute approximate surface area is 129 Å². The molecule has 1 N–H and O–H groups in total. The second-order valence-electron chi connectivity index (χ2n) is 5.60. The highest BCUT2D eigenvalue weighted by Gasteiger charge is 2.13. The molecular formula is C17H21N3S. The number of hydrogen-bond acceptors (Lipinski definition) is 3. The Morgan fingerprint density at radius 2 is 2.00 bits per heavy atom. The van der Waals surface area contributed by atoms with Crippen LogP contribution in [0.5, 0.6) is 0 Å². The third-order valence-electron chi connectivity index (χ3n) is 3.97. The number of aryl methyl sites for hydroxylation is 3. The molecule has 2 aromatic heterocycles. The molecular weight excluding hydrogens is 278 g/mol. The van der Waals surface area contributed by atoms with Gasteiger partial charge in [-0.05, 0) is 38.8 Å². The lowest BCUT2D eigenvalue weighted by Crippen LogP contribution is -2.20. The van der Waals surface area contributed by atoms with Crippen molar-refractivity contribution >= 4 is 16.3 Å². The molecule has 0 fully saturated rings. The minimum absolute atomic E-state index is 0.330. The lowest BCUT2D eigenvalue weighted by molar-refractivity contribution is 0.562. The van der Waals surface area contributed by atoms with Crippen molar-refractivity contribution in [2.75, 3.05) is 0 Å². The number of hydrogen-bond donors (Lipinski definition) is 1. The summed E-state index contributed by atoms with van der Waals surface area (Å²) in [5.74, 6) is 0. The topological polar surface area (TPSA) is 29.3 Å². The number of benzene rings is 1. The first kappa shape index (κ1) is 14.3. The van der Waals surface area contributed by atoms with Gasteiger partial charge in [0.1, 0.15) is 0 Å². The summed E-state index contributed by atoms with van der Waals surface area (Å²) in [7, 11) is 0. The number of nitrogens with zero attached hydrogens (tertiary/aromatic N) is 2. The number of nitrogens with one attached hydrogen (secondary N) is 1. The number of fused-ring (bicyclic) bond motifs is 1. The highest BCUT2D eigenvalue weighted by Crippen LogP contribution is 2.22. The van der Waals surface area contributed by atoms with Crippen molar-refractivity contribution in [3.63, 3.8) is 0 Å². The first-order valence-corrected chi connectivity index (χ1v) is 8.11. The lowest BCUT2D eigenvalue weighted by atomic mass is 10.0. The highest BCUT2D eigenvalue weighted by atomic mass is 32.1. The summed E-state index contributed by atoms with van der Waals surface area (Å²) in [5, 5.41) is 3.63. The molecule has 0 aliphatic rings. The van der Waals surface area contributed by atoms with Crippen LogP contribution in [-0.4, -0.2) is 9.38 Å². The maximum absolute atomic E-state index is 4.64. The summed E-state index contributed by atoms with van der Waals surface area (Å²) in [6, 6.07) is 8.88. The summed E-state index contributed by atoms with van der Waals surface area (Å²) >= 11 is 1.74. The van der Waals surface area contributed by atoms with E-state index >= 15 is 0 Å². The first-order valence-electron chi connectivity index (χ1n) is 7.29. The average Bonchev–Trinajstić information content (AvgIpc) is 2.92. The third-order valence-corrected chi connectivity index (χ3v) is 4.87. The zero-order valence-electron chi connectivity index (χ0n) is 13.0. The van der Waals surface area contributed by atoms with E-state index in [0.717, 1.165) is 17.2 Å². The van der Waals surface area contributed by atoms with Gasteiger partial charge in [0.15, 0.2) is 4.96 Å². The number of thiazole rings is 1. The van der Waals surface area contributed by atoms with Crippen molar-refractivity contribution in [3.8, 4) is 0 Å². The van der Waals surface area contributed by atoms with Gasteiger partial charge < -0.3 is 5.32 Å². The summed E-state index contributed by atoms with van der Waals surface area (Å²) in [6.07, 6.45) is 2.18. The Morgan fingerprint density at radius 3 is 2.76 bits per heavy atom. The van der Waals surface area contributed by atoms with Crippen LogP contribution < -0.4 is 5.32 Å². The molecule has 0 amide bonds. The van der Waals surface area contributed by atoms with Gasteiger partial charge in [-0.3, -0.25) is 4.40 Å². The van der Waals surface area contributed by atoms with Crippen LogP contribution in [0.2, 0.25) is 0 Å². The molecule has 0 aliphatic heterocycles. The van der Waals surface area contributed by atoms with E-state index in [4.69, 9.17) is 0 Å². The smallest absolute Gasteiger partial charge is 0.194 e. The van der Waals surface area contributed by atoms with Gasteiger partial charge in [0.2, 0.25) is 0 Å². The van der Waals surface area contributed by atoms with E-state index in [1.807, 2.05) is 0 Å². The van der Waals surface area contributed by atoms with E-state index in [1.165, 1.54) is 21.7 Å². The number of aromatic nitrogens is 2. The highest BCUT2D eigenvalue weighted by molar-refractivity contribution is 7.17. The number of imidazole rings is 1. The van der Waals surface area contributed by atoms with Crippen molar-refractivity contribution in [3.05, 3.63) is 57.9 Å². The van der Waals surface area contributed by atoms with E-state index in [9.17, 15) is 0 Å². The predicted molar refractivity (Wildman–Crippen MR) is 89.0 cm³/mol. The van der Waals surface area contributed by atoms with Gasteiger partial charge in [-0.15, -0.1) is 11.3 Å². The summed E-state index contributed by atoms with van der Waals surface area (Å²) in [5.41, 5.74) is 5.07. The Kier molecular flexibility index (Phi) is 3.83. The van der Waals surface area contributed by atoms with E-state index in [0.29, 0.717) is 6.04 Å². The van der Waals surface area contributed by atoms with Gasteiger partial charge in [0.25, 0.3) is 0 Å². The maximum atomic E-state index is 4.64. The Morgan fingerprint density at radius 1 is 1.24 bits per heavy atom. The average molecular weight is 299 g/mol. The van der Waals surface area contributed by atoms with Crippen LogP contribution in [0.1, 0.15) is 40.4 Å². The first-order chi connectivity index (χ1) is 10.1. The molecule has 0 bridgehead atoms. The van der Waals surface area contributed by atoms with E-state index in [2.05, 4.69) is 72.9 Å². The normalized spacial score (nSPS) is 13.0. The van der Waals surface area contributed by atoms with Gasteiger partial charge >= 0.3 is 0 Å². The largest absolute Gasteiger partial charge is 0.305 e. The van der Waals surface area contributed by atoms with Crippen molar-refractivity contribution < 1.29 is 0 Å². The maximum Gasteiger partial charge on any atom is 0.194 e. The fraction of sp³-hybridized carbons (Fsp3) is 0.353. The predicted octanol–water partition coefficient (Wildman–Crippen LogP) is 4.17. The molecule has 2 heterocycles. The summed E-state index contributed by atoms with van der Waals surface area (Å²) in [4.78, 5) is 7.03. The van der Waals surface area contributed by atoms with Crippen molar-refractivity contribution in [2.24, 2.45) is 0 Å². The van der Waals surface area contributed by atoms with Gasteiger partial charge in [-0.1, -0.05) is 24.3 Å². The molecule has 0 spiro atoms. The second kappa shape index (κ2) is 5.62. The standard InChI is InChI=1S/C17H21N3S/c1-11-7-5-6-8-15(11)13(3)18-9-16-14(4)19-17-20(16)10-12(2)21-17/h5-8,10,13,18H,9H2,1-4H3/t13-/m0/s1. The monoisotopic (exact) mass is 299 g/mol.